The molecule has 1 saturated heterocycles. The molecule has 1 amide bonds. The highest BCUT2D eigenvalue weighted by atomic mass is 32.2. The molecule has 1 aromatic rings. The van der Waals surface area contributed by atoms with Gasteiger partial charge in [0.25, 0.3) is 5.91 Å². The van der Waals surface area contributed by atoms with Gasteiger partial charge in [-0.3, -0.25) is 19.8 Å². The second-order valence-electron chi connectivity index (χ2n) is 5.85. The Balaban J connectivity index is 1.86. The lowest BCUT2D eigenvalue weighted by Gasteiger charge is -2.29. The summed E-state index contributed by atoms with van der Waals surface area (Å²) in [5, 5.41) is 20.4. The zero-order chi connectivity index (χ0) is 17.3. The first-order valence-electron chi connectivity index (χ1n) is 7.72. The number of hydrogen-bond donors (Lipinski definition) is 1. The van der Waals surface area contributed by atoms with Crippen LogP contribution in [0, 0.1) is 10.1 Å². The molecule has 1 aliphatic heterocycles. The molecule has 1 saturated carbocycles. The average Bonchev–Trinajstić information content (AvgIpc) is 2.83. The van der Waals surface area contributed by atoms with E-state index < -0.39 is 10.7 Å². The number of nitrogens with zero attached hydrogens (tertiary/aromatic N) is 2. The summed E-state index contributed by atoms with van der Waals surface area (Å²) in [7, 11) is 0. The summed E-state index contributed by atoms with van der Waals surface area (Å²) in [6.07, 6.45) is 6.91. The fourth-order valence-corrected chi connectivity index (χ4v) is 4.46. The molecule has 6 nitrogen and oxygen atoms in total. The van der Waals surface area contributed by atoms with E-state index in [0.717, 1.165) is 25.7 Å². The van der Waals surface area contributed by atoms with Crippen LogP contribution in [0.4, 0.5) is 5.69 Å². The number of thiocarbonyl (C=S) groups is 1. The molecule has 3 rings (SSSR count). The summed E-state index contributed by atoms with van der Waals surface area (Å²) >= 11 is 6.58. The molecule has 1 N–H and O–H groups in total. The lowest BCUT2D eigenvalue weighted by Crippen LogP contribution is -2.39. The highest BCUT2D eigenvalue weighted by Crippen LogP contribution is 2.38. The SMILES string of the molecule is O=C1C(=Cc2ccc(O)c([N+](=O)[O-])c2)SC(=S)N1C1CCCCC1. The number of nitro groups is 1. The summed E-state index contributed by atoms with van der Waals surface area (Å²) in [4.78, 5) is 25.1. The first-order valence-corrected chi connectivity index (χ1v) is 8.94. The van der Waals surface area contributed by atoms with Gasteiger partial charge in [-0.05, 0) is 30.5 Å². The van der Waals surface area contributed by atoms with Crippen molar-refractivity contribution in [3.05, 3.63) is 38.8 Å². The number of carbonyl (C=O) groups is 1. The van der Waals surface area contributed by atoms with Crippen molar-refractivity contribution in [2.24, 2.45) is 0 Å². The van der Waals surface area contributed by atoms with E-state index in [2.05, 4.69) is 0 Å². The molecule has 2 fully saturated rings. The van der Waals surface area contributed by atoms with Crippen molar-refractivity contribution in [2.45, 2.75) is 38.1 Å². The van der Waals surface area contributed by atoms with Gasteiger partial charge in [0.05, 0.1) is 9.83 Å². The highest BCUT2D eigenvalue weighted by Gasteiger charge is 2.37. The number of phenols is 1. The normalized spacial score (nSPS) is 20.8. The Morgan fingerprint density at radius 1 is 1.33 bits per heavy atom. The number of thioether (sulfide) groups is 1. The van der Waals surface area contributed by atoms with Gasteiger partial charge < -0.3 is 5.11 Å². The third-order valence-corrected chi connectivity index (χ3v) is 5.59. The van der Waals surface area contributed by atoms with Gasteiger partial charge >= 0.3 is 5.69 Å². The van der Waals surface area contributed by atoms with Crippen LogP contribution in [0.25, 0.3) is 6.08 Å². The average molecular weight is 364 g/mol. The number of nitro benzene ring substituents is 1. The van der Waals surface area contributed by atoms with Crippen molar-refractivity contribution in [1.29, 1.82) is 0 Å². The molecule has 0 radical (unpaired) electrons. The van der Waals surface area contributed by atoms with Gasteiger partial charge in [0, 0.05) is 12.1 Å². The predicted molar refractivity (Wildman–Crippen MR) is 96.6 cm³/mol. The second kappa shape index (κ2) is 6.90. The molecular formula is C16H16N2O4S2. The molecule has 126 valence electrons. The van der Waals surface area contributed by atoms with E-state index in [0.29, 0.717) is 14.8 Å². The van der Waals surface area contributed by atoms with Crippen LogP contribution >= 0.6 is 24.0 Å². The highest BCUT2D eigenvalue weighted by molar-refractivity contribution is 8.26. The number of carbonyl (C=O) groups excluding carboxylic acids is 1. The minimum Gasteiger partial charge on any atom is -0.502 e. The monoisotopic (exact) mass is 364 g/mol. The lowest BCUT2D eigenvalue weighted by molar-refractivity contribution is -0.385. The fraction of sp³-hybridized carbons (Fsp3) is 0.375. The van der Waals surface area contributed by atoms with Crippen molar-refractivity contribution < 1.29 is 14.8 Å². The molecule has 24 heavy (non-hydrogen) atoms. The Kier molecular flexibility index (Phi) is 4.86. The van der Waals surface area contributed by atoms with Gasteiger partial charge in [-0.15, -0.1) is 0 Å². The van der Waals surface area contributed by atoms with Crippen LogP contribution in [0.2, 0.25) is 0 Å². The van der Waals surface area contributed by atoms with E-state index in [-0.39, 0.29) is 17.6 Å². The Morgan fingerprint density at radius 2 is 2.04 bits per heavy atom. The van der Waals surface area contributed by atoms with Gasteiger partial charge in [-0.25, -0.2) is 0 Å². The van der Waals surface area contributed by atoms with Crippen molar-refractivity contribution in [3.63, 3.8) is 0 Å². The Bertz CT molecular complexity index is 742. The van der Waals surface area contributed by atoms with E-state index in [1.165, 1.54) is 36.4 Å². The van der Waals surface area contributed by atoms with E-state index in [9.17, 15) is 20.0 Å². The van der Waals surface area contributed by atoms with Gasteiger partial charge in [0.15, 0.2) is 5.75 Å². The molecule has 0 aromatic heterocycles. The number of aromatic hydroxyl groups is 1. The lowest BCUT2D eigenvalue weighted by atomic mass is 9.94. The molecule has 2 aliphatic rings. The second-order valence-corrected chi connectivity index (χ2v) is 7.52. The Morgan fingerprint density at radius 3 is 2.71 bits per heavy atom. The fourth-order valence-electron chi connectivity index (χ4n) is 3.06. The van der Waals surface area contributed by atoms with Crippen LogP contribution in [-0.4, -0.2) is 31.2 Å². The zero-order valence-electron chi connectivity index (χ0n) is 12.8. The smallest absolute Gasteiger partial charge is 0.311 e. The topological polar surface area (TPSA) is 83.7 Å². The number of amides is 1. The van der Waals surface area contributed by atoms with Crippen molar-refractivity contribution >= 4 is 46.0 Å². The quantitative estimate of drug-likeness (QED) is 0.380. The summed E-state index contributed by atoms with van der Waals surface area (Å²) in [6, 6.07) is 4.20. The molecule has 1 heterocycles. The van der Waals surface area contributed by atoms with E-state index in [1.807, 2.05) is 0 Å². The summed E-state index contributed by atoms with van der Waals surface area (Å²) in [6.45, 7) is 0. The molecule has 1 aromatic carbocycles. The van der Waals surface area contributed by atoms with Crippen LogP contribution in [0.5, 0.6) is 5.75 Å². The number of rotatable bonds is 3. The standard InChI is InChI=1S/C16H16N2O4S2/c19-13-7-6-10(8-12(13)18(21)22)9-14-15(20)17(16(23)24-14)11-4-2-1-3-5-11/h6-9,11,19H,1-5H2. The van der Waals surface area contributed by atoms with Crippen LogP contribution < -0.4 is 0 Å². The third kappa shape index (κ3) is 3.29. The summed E-state index contributed by atoms with van der Waals surface area (Å²) < 4.78 is 0.548. The van der Waals surface area contributed by atoms with Gasteiger partial charge in [0.2, 0.25) is 0 Å². The molecule has 0 spiro atoms. The van der Waals surface area contributed by atoms with Crippen molar-refractivity contribution in [2.75, 3.05) is 0 Å². The van der Waals surface area contributed by atoms with Crippen LogP contribution in [0.1, 0.15) is 37.7 Å². The van der Waals surface area contributed by atoms with E-state index in [4.69, 9.17) is 12.2 Å². The number of benzene rings is 1. The molecule has 1 aliphatic carbocycles. The van der Waals surface area contributed by atoms with Gasteiger partial charge in [-0.1, -0.05) is 49.3 Å². The predicted octanol–water partition coefficient (Wildman–Crippen LogP) is 3.83. The first kappa shape index (κ1) is 16.9. The Labute approximate surface area is 148 Å². The molecular weight excluding hydrogens is 348 g/mol. The summed E-state index contributed by atoms with van der Waals surface area (Å²) in [5.41, 5.74) is 0.107. The first-order chi connectivity index (χ1) is 11.5. The van der Waals surface area contributed by atoms with Gasteiger partial charge in [0.1, 0.15) is 4.32 Å². The maximum atomic E-state index is 12.7. The largest absolute Gasteiger partial charge is 0.502 e. The van der Waals surface area contributed by atoms with Gasteiger partial charge in [-0.2, -0.15) is 0 Å². The van der Waals surface area contributed by atoms with Crippen LogP contribution in [0.3, 0.4) is 0 Å². The Hall–Kier alpha value is -1.93. The maximum absolute atomic E-state index is 12.7. The summed E-state index contributed by atoms with van der Waals surface area (Å²) in [5.74, 6) is -0.528. The molecule has 0 bridgehead atoms. The van der Waals surface area contributed by atoms with Crippen molar-refractivity contribution in [3.8, 4) is 5.75 Å². The minimum absolute atomic E-state index is 0.132. The van der Waals surface area contributed by atoms with Crippen molar-refractivity contribution in [1.82, 2.24) is 4.90 Å². The molecule has 0 unspecified atom stereocenters. The van der Waals surface area contributed by atoms with Crippen LogP contribution in [0.15, 0.2) is 23.1 Å². The number of hydrogen-bond acceptors (Lipinski definition) is 6. The molecule has 8 heteroatoms. The minimum atomic E-state index is -0.653. The number of phenolic OH excluding ortho intramolecular Hbond substituents is 1. The van der Waals surface area contributed by atoms with E-state index >= 15 is 0 Å². The molecule has 0 atom stereocenters. The van der Waals surface area contributed by atoms with E-state index in [1.54, 1.807) is 11.0 Å². The van der Waals surface area contributed by atoms with Crippen LogP contribution in [-0.2, 0) is 4.79 Å². The third-order valence-electron chi connectivity index (χ3n) is 4.26. The maximum Gasteiger partial charge on any atom is 0.311 e. The zero-order valence-corrected chi connectivity index (χ0v) is 14.4.